The van der Waals surface area contributed by atoms with Crippen LogP contribution in [0, 0.1) is 0 Å². The molecule has 0 fully saturated rings. The monoisotopic (exact) mass is 161 g/mol. The summed E-state index contributed by atoms with van der Waals surface area (Å²) in [5, 5.41) is 12.3. The van der Waals surface area contributed by atoms with Gasteiger partial charge in [0.05, 0.1) is 6.61 Å². The van der Waals surface area contributed by atoms with Crippen molar-refractivity contribution in [3.05, 3.63) is 0 Å². The lowest BCUT2D eigenvalue weighted by Crippen LogP contribution is -2.25. The van der Waals surface area contributed by atoms with E-state index in [1.54, 1.807) is 13.8 Å². The minimum atomic E-state index is -0.980. The molecule has 0 bridgehead atoms. The molecule has 0 radical (unpaired) electrons. The Morgan fingerprint density at radius 2 is 2.09 bits per heavy atom. The van der Waals surface area contributed by atoms with E-state index in [0.29, 0.717) is 6.61 Å². The average molecular weight is 161 g/mol. The summed E-state index contributed by atoms with van der Waals surface area (Å²) in [6.07, 6.45) is 0.942. The molecule has 0 spiro atoms. The summed E-state index contributed by atoms with van der Waals surface area (Å²) >= 11 is 0. The molecule has 0 saturated heterocycles. The van der Waals surface area contributed by atoms with Crippen LogP contribution in [0.4, 0.5) is 0 Å². The number of ether oxygens (including phenoxy) is 1. The van der Waals surface area contributed by atoms with E-state index in [2.05, 4.69) is 12.2 Å². The highest BCUT2D eigenvalue weighted by atomic mass is 16.6. The molecule has 0 rings (SSSR count). The Bertz CT molecular complexity index is 88.6. The fraction of sp³-hybridized carbons (Fsp3) is 1.00. The fourth-order valence-electron chi connectivity index (χ4n) is 0.696. The summed E-state index contributed by atoms with van der Waals surface area (Å²) in [4.78, 5) is 0. The Hall–Kier alpha value is -0.120. The van der Waals surface area contributed by atoms with E-state index in [4.69, 9.17) is 9.84 Å². The second kappa shape index (κ2) is 5.52. The predicted octanol–water partition coefficient (Wildman–Crippen LogP) is 0.731. The normalized spacial score (nSPS) is 12.0. The van der Waals surface area contributed by atoms with Gasteiger partial charge in [0.1, 0.15) is 0 Å². The van der Waals surface area contributed by atoms with Crippen molar-refractivity contribution >= 4 is 0 Å². The van der Waals surface area contributed by atoms with E-state index < -0.39 is 5.79 Å². The first-order valence-corrected chi connectivity index (χ1v) is 4.13. The molecule has 3 heteroatoms. The van der Waals surface area contributed by atoms with Crippen LogP contribution in [-0.2, 0) is 4.74 Å². The molecule has 0 aliphatic rings. The van der Waals surface area contributed by atoms with Gasteiger partial charge in [-0.2, -0.15) is 0 Å². The molecule has 0 aromatic rings. The molecule has 0 aromatic heterocycles. The van der Waals surface area contributed by atoms with Crippen LogP contribution in [0.2, 0.25) is 0 Å². The number of aliphatic hydroxyl groups is 1. The zero-order chi connectivity index (χ0) is 8.74. The second-order valence-corrected chi connectivity index (χ2v) is 3.00. The van der Waals surface area contributed by atoms with Crippen molar-refractivity contribution in [2.75, 3.05) is 19.7 Å². The van der Waals surface area contributed by atoms with E-state index >= 15 is 0 Å². The van der Waals surface area contributed by atoms with Gasteiger partial charge >= 0.3 is 0 Å². The van der Waals surface area contributed by atoms with Gasteiger partial charge in [-0.15, -0.1) is 0 Å². The minimum absolute atomic E-state index is 0.608. The summed E-state index contributed by atoms with van der Waals surface area (Å²) in [7, 11) is 0. The highest BCUT2D eigenvalue weighted by Crippen LogP contribution is 2.02. The average Bonchev–Trinajstić information content (AvgIpc) is 1.85. The maximum Gasteiger partial charge on any atom is 0.159 e. The van der Waals surface area contributed by atoms with Gasteiger partial charge in [-0.3, -0.25) is 0 Å². The SMILES string of the molecule is CCNCCCOC(C)(C)O. The Balaban J connectivity index is 3.02. The molecule has 0 atom stereocenters. The van der Waals surface area contributed by atoms with Gasteiger partial charge in [0, 0.05) is 0 Å². The second-order valence-electron chi connectivity index (χ2n) is 3.00. The van der Waals surface area contributed by atoms with Gasteiger partial charge in [0.2, 0.25) is 0 Å². The van der Waals surface area contributed by atoms with Crippen LogP contribution < -0.4 is 5.32 Å². The van der Waals surface area contributed by atoms with E-state index in [-0.39, 0.29) is 0 Å². The molecule has 68 valence electrons. The van der Waals surface area contributed by atoms with Crippen LogP contribution in [-0.4, -0.2) is 30.6 Å². The molecule has 2 N–H and O–H groups in total. The zero-order valence-electron chi connectivity index (χ0n) is 7.68. The van der Waals surface area contributed by atoms with Crippen molar-refractivity contribution in [1.29, 1.82) is 0 Å². The van der Waals surface area contributed by atoms with E-state index in [1.807, 2.05) is 0 Å². The van der Waals surface area contributed by atoms with Crippen LogP contribution in [0.25, 0.3) is 0 Å². The number of rotatable bonds is 6. The highest BCUT2D eigenvalue weighted by molar-refractivity contribution is 4.49. The van der Waals surface area contributed by atoms with Gasteiger partial charge in [-0.25, -0.2) is 0 Å². The zero-order valence-corrected chi connectivity index (χ0v) is 7.68. The van der Waals surface area contributed by atoms with Crippen LogP contribution in [0.1, 0.15) is 27.2 Å². The highest BCUT2D eigenvalue weighted by Gasteiger charge is 2.10. The Kier molecular flexibility index (Phi) is 5.46. The van der Waals surface area contributed by atoms with E-state index in [1.165, 1.54) is 0 Å². The molecule has 0 saturated carbocycles. The third-order valence-electron chi connectivity index (χ3n) is 1.20. The smallest absolute Gasteiger partial charge is 0.159 e. The Labute approximate surface area is 68.8 Å². The van der Waals surface area contributed by atoms with Crippen molar-refractivity contribution in [3.8, 4) is 0 Å². The van der Waals surface area contributed by atoms with E-state index in [0.717, 1.165) is 19.5 Å². The topological polar surface area (TPSA) is 41.5 Å². The number of hydrogen-bond acceptors (Lipinski definition) is 3. The molecular formula is C8H19NO2. The van der Waals surface area contributed by atoms with Gasteiger partial charge < -0.3 is 15.2 Å². The third kappa shape index (κ3) is 9.88. The molecule has 0 aliphatic carbocycles. The molecule has 0 aliphatic heterocycles. The van der Waals surface area contributed by atoms with Crippen molar-refractivity contribution in [3.63, 3.8) is 0 Å². The fourth-order valence-corrected chi connectivity index (χ4v) is 0.696. The van der Waals surface area contributed by atoms with Gasteiger partial charge in [-0.05, 0) is 33.4 Å². The Morgan fingerprint density at radius 1 is 1.45 bits per heavy atom. The molecule has 3 nitrogen and oxygen atoms in total. The lowest BCUT2D eigenvalue weighted by atomic mass is 10.4. The molecule has 0 amide bonds. The van der Waals surface area contributed by atoms with Gasteiger partial charge in [-0.1, -0.05) is 6.92 Å². The summed E-state index contributed by atoms with van der Waals surface area (Å²) in [6.45, 7) is 7.89. The molecular weight excluding hydrogens is 142 g/mol. The largest absolute Gasteiger partial charge is 0.366 e. The van der Waals surface area contributed by atoms with Gasteiger partial charge in [0.25, 0.3) is 0 Å². The van der Waals surface area contributed by atoms with Crippen LogP contribution >= 0.6 is 0 Å². The van der Waals surface area contributed by atoms with Crippen molar-refractivity contribution in [2.45, 2.75) is 33.0 Å². The summed E-state index contributed by atoms with van der Waals surface area (Å²) in [5.41, 5.74) is 0. The van der Waals surface area contributed by atoms with Gasteiger partial charge in [0.15, 0.2) is 5.79 Å². The quantitative estimate of drug-likeness (QED) is 0.446. The number of hydrogen-bond donors (Lipinski definition) is 2. The maximum absolute atomic E-state index is 9.13. The first kappa shape index (κ1) is 10.9. The lowest BCUT2D eigenvalue weighted by Gasteiger charge is -2.17. The van der Waals surface area contributed by atoms with E-state index in [9.17, 15) is 0 Å². The minimum Gasteiger partial charge on any atom is -0.366 e. The van der Waals surface area contributed by atoms with Crippen LogP contribution in [0.3, 0.4) is 0 Å². The molecule has 11 heavy (non-hydrogen) atoms. The number of nitrogens with one attached hydrogen (secondary N) is 1. The lowest BCUT2D eigenvalue weighted by molar-refractivity contribution is -0.176. The first-order chi connectivity index (χ1) is 5.06. The Morgan fingerprint density at radius 3 is 2.55 bits per heavy atom. The molecule has 0 unspecified atom stereocenters. The summed E-state index contributed by atoms with van der Waals surface area (Å²) < 4.78 is 5.09. The standard InChI is InChI=1S/C8H19NO2/c1-4-9-6-5-7-11-8(2,3)10/h9-10H,4-7H2,1-3H3. The van der Waals surface area contributed by atoms with Crippen molar-refractivity contribution in [2.24, 2.45) is 0 Å². The van der Waals surface area contributed by atoms with Crippen LogP contribution in [0.5, 0.6) is 0 Å². The van der Waals surface area contributed by atoms with Crippen molar-refractivity contribution < 1.29 is 9.84 Å². The first-order valence-electron chi connectivity index (χ1n) is 4.13. The summed E-state index contributed by atoms with van der Waals surface area (Å²) in [6, 6.07) is 0. The predicted molar refractivity (Wildman–Crippen MR) is 45.4 cm³/mol. The van der Waals surface area contributed by atoms with Crippen LogP contribution in [0.15, 0.2) is 0 Å². The molecule has 0 aromatic carbocycles. The summed E-state index contributed by atoms with van der Waals surface area (Å²) in [5.74, 6) is -0.980. The third-order valence-corrected chi connectivity index (χ3v) is 1.20. The molecule has 0 heterocycles. The van der Waals surface area contributed by atoms with Crippen molar-refractivity contribution in [1.82, 2.24) is 5.32 Å². The maximum atomic E-state index is 9.13.